The van der Waals surface area contributed by atoms with E-state index in [1.54, 1.807) is 50.4 Å². The van der Waals surface area contributed by atoms with Crippen LogP contribution in [0.15, 0.2) is 84.6 Å². The molecule has 1 atom stereocenters. The number of benzene rings is 3. The van der Waals surface area contributed by atoms with Gasteiger partial charge in [0.05, 0.1) is 46.0 Å². The Morgan fingerprint density at radius 2 is 1.83 bits per heavy atom. The SMILES string of the molecule is CCCC1=C(C(=O)OCC)[C@H](c2cc(OC)ccc2OC)n2c(s/c(=C\c3cc(Br)cc(Br)c3OCc3ccc([N+](=O)[O-])cc3)c2=O)=N1. The maximum Gasteiger partial charge on any atom is 0.338 e. The molecule has 0 unspecified atom stereocenters. The van der Waals surface area contributed by atoms with Crippen molar-refractivity contribution in [2.24, 2.45) is 4.99 Å². The molecule has 4 aromatic rings. The number of hydrogen-bond donors (Lipinski definition) is 0. The number of nitro benzene ring substituents is 1. The molecule has 0 bridgehead atoms. The van der Waals surface area contributed by atoms with Crippen molar-refractivity contribution in [3.05, 3.63) is 121 Å². The monoisotopic (exact) mass is 799 g/mol. The molecule has 0 saturated heterocycles. The van der Waals surface area contributed by atoms with Crippen LogP contribution < -0.4 is 29.1 Å². The molecular weight excluding hydrogens is 770 g/mol. The minimum atomic E-state index is -0.902. The van der Waals surface area contributed by atoms with Gasteiger partial charge in [-0.05, 0) is 83.4 Å². The van der Waals surface area contributed by atoms with Gasteiger partial charge in [-0.2, -0.15) is 0 Å². The fraction of sp³-hybridized carbons (Fsp3) is 0.265. The Kier molecular flexibility index (Phi) is 11.2. The van der Waals surface area contributed by atoms with E-state index in [-0.39, 0.29) is 30.0 Å². The predicted octanol–water partition coefficient (Wildman–Crippen LogP) is 6.61. The van der Waals surface area contributed by atoms with Crippen LogP contribution in [-0.4, -0.2) is 36.3 Å². The van der Waals surface area contributed by atoms with Gasteiger partial charge in [0.1, 0.15) is 29.9 Å². The Labute approximate surface area is 296 Å². The molecule has 1 aromatic heterocycles. The molecule has 11 nitrogen and oxygen atoms in total. The number of non-ortho nitro benzene ring substituents is 1. The minimum Gasteiger partial charge on any atom is -0.497 e. The summed E-state index contributed by atoms with van der Waals surface area (Å²) in [4.78, 5) is 43.9. The number of halogens is 2. The summed E-state index contributed by atoms with van der Waals surface area (Å²) < 4.78 is 26.2. The van der Waals surface area contributed by atoms with E-state index < -0.39 is 16.9 Å². The zero-order chi connectivity index (χ0) is 34.5. The lowest BCUT2D eigenvalue weighted by Crippen LogP contribution is -2.40. The minimum absolute atomic E-state index is 0.0160. The highest BCUT2D eigenvalue weighted by molar-refractivity contribution is 9.11. The molecule has 0 spiro atoms. The van der Waals surface area contributed by atoms with Crippen LogP contribution in [0.25, 0.3) is 6.08 Å². The normalized spacial score (nSPS) is 14.3. The fourth-order valence-electron chi connectivity index (χ4n) is 5.32. The number of allylic oxidation sites excluding steroid dienone is 1. The number of ether oxygens (including phenoxy) is 4. The van der Waals surface area contributed by atoms with Gasteiger partial charge in [-0.25, -0.2) is 9.79 Å². The first-order valence-electron chi connectivity index (χ1n) is 14.9. The molecule has 5 rings (SSSR count). The lowest BCUT2D eigenvalue weighted by Gasteiger charge is -2.27. The second-order valence-electron chi connectivity index (χ2n) is 10.5. The highest BCUT2D eigenvalue weighted by Crippen LogP contribution is 2.39. The van der Waals surface area contributed by atoms with Gasteiger partial charge in [0.15, 0.2) is 4.80 Å². The van der Waals surface area contributed by atoms with E-state index in [1.165, 1.54) is 35.1 Å². The first-order valence-corrected chi connectivity index (χ1v) is 17.3. The van der Waals surface area contributed by atoms with Crippen molar-refractivity contribution in [2.75, 3.05) is 20.8 Å². The molecule has 14 heteroatoms. The maximum absolute atomic E-state index is 14.4. The van der Waals surface area contributed by atoms with Gasteiger partial charge in [0.25, 0.3) is 11.2 Å². The van der Waals surface area contributed by atoms with Crippen LogP contribution in [0.4, 0.5) is 5.69 Å². The van der Waals surface area contributed by atoms with Crippen LogP contribution in [-0.2, 0) is 16.1 Å². The predicted molar refractivity (Wildman–Crippen MR) is 188 cm³/mol. The molecule has 2 heterocycles. The average Bonchev–Trinajstić information content (AvgIpc) is 3.37. The van der Waals surface area contributed by atoms with E-state index in [0.29, 0.717) is 60.7 Å². The summed E-state index contributed by atoms with van der Waals surface area (Å²) in [6, 6.07) is 14.1. The molecule has 3 aromatic carbocycles. The number of fused-ring (bicyclic) bond motifs is 1. The molecule has 0 amide bonds. The third-order valence-electron chi connectivity index (χ3n) is 7.48. The van der Waals surface area contributed by atoms with E-state index >= 15 is 0 Å². The van der Waals surface area contributed by atoms with Crippen molar-refractivity contribution in [3.8, 4) is 17.2 Å². The molecule has 0 aliphatic carbocycles. The van der Waals surface area contributed by atoms with Gasteiger partial charge in [-0.15, -0.1) is 0 Å². The zero-order valence-electron chi connectivity index (χ0n) is 26.5. The Morgan fingerprint density at radius 1 is 1.08 bits per heavy atom. The van der Waals surface area contributed by atoms with Crippen molar-refractivity contribution in [2.45, 2.75) is 39.3 Å². The van der Waals surface area contributed by atoms with Crippen LogP contribution in [0.2, 0.25) is 0 Å². The molecule has 48 heavy (non-hydrogen) atoms. The van der Waals surface area contributed by atoms with Gasteiger partial charge in [-0.1, -0.05) is 40.6 Å². The topological polar surface area (TPSA) is 131 Å². The molecule has 1 aliphatic heterocycles. The number of thiazole rings is 1. The Morgan fingerprint density at radius 3 is 2.48 bits per heavy atom. The van der Waals surface area contributed by atoms with Gasteiger partial charge in [0.2, 0.25) is 0 Å². The molecule has 0 N–H and O–H groups in total. The largest absolute Gasteiger partial charge is 0.497 e. The quantitative estimate of drug-likeness (QED) is 0.0890. The van der Waals surface area contributed by atoms with Gasteiger partial charge in [-0.3, -0.25) is 19.5 Å². The summed E-state index contributed by atoms with van der Waals surface area (Å²) in [6.45, 7) is 3.99. The van der Waals surface area contributed by atoms with Crippen molar-refractivity contribution >= 4 is 60.9 Å². The molecule has 1 aliphatic rings. The summed E-state index contributed by atoms with van der Waals surface area (Å²) in [5, 5.41) is 11.1. The number of nitrogens with zero attached hydrogens (tertiary/aromatic N) is 3. The third-order valence-corrected chi connectivity index (χ3v) is 9.51. The second kappa shape index (κ2) is 15.3. The highest BCUT2D eigenvalue weighted by atomic mass is 79.9. The lowest BCUT2D eigenvalue weighted by molar-refractivity contribution is -0.384. The molecule has 0 fully saturated rings. The third kappa shape index (κ3) is 7.25. The van der Waals surface area contributed by atoms with Crippen molar-refractivity contribution in [3.63, 3.8) is 0 Å². The summed E-state index contributed by atoms with van der Waals surface area (Å²) in [5.74, 6) is 0.894. The standard InChI is InChI=1S/C34H31Br2N3O8S/c1-5-7-26-29(33(41)46-6-2)30(24-17-23(44-3)12-13-27(24)45-4)38-32(40)28(48-34(38)37-26)15-20-14-21(35)16-25(36)31(20)47-18-19-8-10-22(11-9-19)39(42)43/h8-17,30H,5-7,18H2,1-4H3/b28-15-/t30-/m0/s1. The Bertz CT molecular complexity index is 2090. The first kappa shape index (κ1) is 35.0. The van der Waals surface area contributed by atoms with Gasteiger partial charge in [0, 0.05) is 27.7 Å². The Hall–Kier alpha value is -4.27. The fourth-order valence-corrected chi connectivity index (χ4v) is 7.70. The number of hydrogen-bond acceptors (Lipinski definition) is 10. The van der Waals surface area contributed by atoms with E-state index in [1.807, 2.05) is 19.1 Å². The summed E-state index contributed by atoms with van der Waals surface area (Å²) in [5.41, 5.74) is 2.28. The number of rotatable bonds is 12. The highest BCUT2D eigenvalue weighted by Gasteiger charge is 2.36. The second-order valence-corrected chi connectivity index (χ2v) is 13.3. The molecule has 250 valence electrons. The number of methoxy groups -OCH3 is 2. The number of carbonyl (C=O) groups excluding carboxylic acids is 1. The van der Waals surface area contributed by atoms with E-state index in [0.717, 1.165) is 10.0 Å². The first-order chi connectivity index (χ1) is 23.1. The Balaban J connectivity index is 1.69. The van der Waals surface area contributed by atoms with Gasteiger partial charge >= 0.3 is 5.97 Å². The summed E-state index contributed by atoms with van der Waals surface area (Å²) in [7, 11) is 3.07. The molecule has 0 saturated carbocycles. The van der Waals surface area contributed by atoms with E-state index in [4.69, 9.17) is 23.9 Å². The van der Waals surface area contributed by atoms with Crippen LogP contribution in [0.1, 0.15) is 49.4 Å². The van der Waals surface area contributed by atoms with E-state index in [9.17, 15) is 19.7 Å². The maximum atomic E-state index is 14.4. The van der Waals surface area contributed by atoms with Crippen LogP contribution >= 0.6 is 43.2 Å². The van der Waals surface area contributed by atoms with Gasteiger partial charge < -0.3 is 18.9 Å². The van der Waals surface area contributed by atoms with Crippen LogP contribution in [0.3, 0.4) is 0 Å². The van der Waals surface area contributed by atoms with Crippen molar-refractivity contribution in [1.82, 2.24) is 4.57 Å². The van der Waals surface area contributed by atoms with Crippen LogP contribution in [0, 0.1) is 10.1 Å². The average molecular weight is 802 g/mol. The summed E-state index contributed by atoms with van der Waals surface area (Å²) in [6.07, 6.45) is 2.92. The lowest BCUT2D eigenvalue weighted by atomic mass is 9.93. The zero-order valence-corrected chi connectivity index (χ0v) is 30.4. The number of nitro groups is 1. The number of carbonyl (C=O) groups is 1. The van der Waals surface area contributed by atoms with Crippen molar-refractivity contribution in [1.29, 1.82) is 0 Å². The smallest absolute Gasteiger partial charge is 0.338 e. The van der Waals surface area contributed by atoms with Crippen LogP contribution in [0.5, 0.6) is 17.2 Å². The van der Waals surface area contributed by atoms with E-state index in [2.05, 4.69) is 31.9 Å². The number of aromatic nitrogens is 1. The van der Waals surface area contributed by atoms with Crippen molar-refractivity contribution < 1.29 is 28.7 Å². The molecule has 0 radical (unpaired) electrons. The summed E-state index contributed by atoms with van der Waals surface area (Å²) >= 11 is 8.31. The number of esters is 1. The molecular formula is C34H31Br2N3O8S.